The second-order valence-electron chi connectivity index (χ2n) is 5.27. The maximum Gasteiger partial charge on any atom is 0.125 e. The fraction of sp³-hybridized carbons (Fsp3) is 0.238. The third kappa shape index (κ3) is 9.11. The van der Waals surface area contributed by atoms with Gasteiger partial charge in [-0.2, -0.15) is 0 Å². The van der Waals surface area contributed by atoms with E-state index in [9.17, 15) is 0 Å². The normalized spacial score (nSPS) is 8.96. The molecule has 0 bridgehead atoms. The van der Waals surface area contributed by atoms with Crippen LogP contribution >= 0.6 is 0 Å². The van der Waals surface area contributed by atoms with Crippen LogP contribution in [-0.4, -0.2) is 24.1 Å². The third-order valence-electron chi connectivity index (χ3n) is 3.35. The fourth-order valence-electron chi connectivity index (χ4n) is 1.83. The molecule has 0 atom stereocenters. The Labute approximate surface area is 151 Å². The zero-order valence-electron chi connectivity index (χ0n) is 15.5. The lowest BCUT2D eigenvalue weighted by atomic mass is 10.2. The SMILES string of the molecule is CCc1ccc(NC)nc1.CNc1ccccn1.Cc1ccccc1. The van der Waals surface area contributed by atoms with Gasteiger partial charge in [-0.25, -0.2) is 9.97 Å². The molecule has 0 saturated carbocycles. The van der Waals surface area contributed by atoms with Gasteiger partial charge in [-0.3, -0.25) is 0 Å². The van der Waals surface area contributed by atoms with Gasteiger partial charge < -0.3 is 10.6 Å². The zero-order chi connectivity index (χ0) is 18.3. The van der Waals surface area contributed by atoms with Crippen molar-refractivity contribution in [2.45, 2.75) is 20.3 Å². The van der Waals surface area contributed by atoms with Gasteiger partial charge in [0, 0.05) is 26.5 Å². The summed E-state index contributed by atoms with van der Waals surface area (Å²) in [6.07, 6.45) is 4.70. The van der Waals surface area contributed by atoms with Gasteiger partial charge in [0.2, 0.25) is 0 Å². The molecule has 4 heteroatoms. The van der Waals surface area contributed by atoms with E-state index in [0.29, 0.717) is 0 Å². The lowest BCUT2D eigenvalue weighted by Gasteiger charge is -1.98. The molecule has 0 aliphatic rings. The number of hydrogen-bond donors (Lipinski definition) is 2. The molecule has 1 aromatic carbocycles. The van der Waals surface area contributed by atoms with E-state index in [4.69, 9.17) is 0 Å². The molecule has 0 radical (unpaired) electrons. The predicted octanol–water partition coefficient (Wildman–Crippen LogP) is 4.80. The van der Waals surface area contributed by atoms with E-state index >= 15 is 0 Å². The molecular formula is C21H28N4. The zero-order valence-corrected chi connectivity index (χ0v) is 15.5. The van der Waals surface area contributed by atoms with Gasteiger partial charge in [-0.05, 0) is 37.1 Å². The molecule has 2 heterocycles. The van der Waals surface area contributed by atoms with E-state index < -0.39 is 0 Å². The highest BCUT2D eigenvalue weighted by molar-refractivity contribution is 5.34. The highest BCUT2D eigenvalue weighted by atomic mass is 14.9. The summed E-state index contributed by atoms with van der Waals surface area (Å²) in [5.41, 5.74) is 2.60. The molecule has 132 valence electrons. The lowest BCUT2D eigenvalue weighted by molar-refractivity contribution is 1.10. The molecular weight excluding hydrogens is 308 g/mol. The highest BCUT2D eigenvalue weighted by Crippen LogP contribution is 2.03. The maximum atomic E-state index is 4.16. The van der Waals surface area contributed by atoms with Crippen molar-refractivity contribution in [3.05, 3.63) is 84.2 Å². The van der Waals surface area contributed by atoms with Gasteiger partial charge in [0.15, 0.2) is 0 Å². The van der Waals surface area contributed by atoms with Crippen LogP contribution in [0.5, 0.6) is 0 Å². The Hall–Kier alpha value is -2.88. The lowest BCUT2D eigenvalue weighted by Crippen LogP contribution is -1.91. The quantitative estimate of drug-likeness (QED) is 0.721. The molecule has 0 aliphatic heterocycles. The minimum Gasteiger partial charge on any atom is -0.373 e. The van der Waals surface area contributed by atoms with Gasteiger partial charge >= 0.3 is 0 Å². The van der Waals surface area contributed by atoms with Crippen LogP contribution in [0, 0.1) is 6.92 Å². The number of aromatic nitrogens is 2. The molecule has 0 aliphatic carbocycles. The highest BCUT2D eigenvalue weighted by Gasteiger charge is 1.89. The Kier molecular flexibility index (Phi) is 10.1. The first-order valence-corrected chi connectivity index (χ1v) is 8.42. The van der Waals surface area contributed by atoms with E-state index in [2.05, 4.69) is 52.6 Å². The fourth-order valence-corrected chi connectivity index (χ4v) is 1.83. The van der Waals surface area contributed by atoms with Crippen molar-refractivity contribution in [3.63, 3.8) is 0 Å². The smallest absolute Gasteiger partial charge is 0.125 e. The van der Waals surface area contributed by atoms with E-state index in [-0.39, 0.29) is 0 Å². The number of benzene rings is 1. The van der Waals surface area contributed by atoms with Crippen molar-refractivity contribution in [3.8, 4) is 0 Å². The Morgan fingerprint density at radius 2 is 1.40 bits per heavy atom. The number of nitrogens with zero attached hydrogens (tertiary/aromatic N) is 2. The number of nitrogens with one attached hydrogen (secondary N) is 2. The largest absolute Gasteiger partial charge is 0.373 e. The molecule has 0 spiro atoms. The molecule has 25 heavy (non-hydrogen) atoms. The minimum absolute atomic E-state index is 0.910. The topological polar surface area (TPSA) is 49.8 Å². The van der Waals surface area contributed by atoms with Crippen molar-refractivity contribution in [2.24, 2.45) is 0 Å². The van der Waals surface area contributed by atoms with E-state index in [0.717, 1.165) is 18.1 Å². The van der Waals surface area contributed by atoms with Gasteiger partial charge in [0.1, 0.15) is 11.6 Å². The monoisotopic (exact) mass is 336 g/mol. The Bertz CT molecular complexity index is 644. The van der Waals surface area contributed by atoms with Crippen LogP contribution in [0.2, 0.25) is 0 Å². The Morgan fingerprint density at radius 3 is 1.76 bits per heavy atom. The summed E-state index contributed by atoms with van der Waals surface area (Å²) in [6, 6.07) is 20.1. The van der Waals surface area contributed by atoms with Gasteiger partial charge in [0.05, 0.1) is 0 Å². The van der Waals surface area contributed by atoms with E-state index in [1.54, 1.807) is 6.20 Å². The molecule has 3 aromatic rings. The second kappa shape index (κ2) is 12.5. The molecule has 0 saturated heterocycles. The van der Waals surface area contributed by atoms with Gasteiger partial charge in [0.25, 0.3) is 0 Å². The van der Waals surface area contributed by atoms with E-state index in [1.807, 2.05) is 62.8 Å². The van der Waals surface area contributed by atoms with Crippen LogP contribution < -0.4 is 10.6 Å². The average molecular weight is 336 g/mol. The van der Waals surface area contributed by atoms with Crippen LogP contribution in [0.3, 0.4) is 0 Å². The summed E-state index contributed by atoms with van der Waals surface area (Å²) in [5, 5.41) is 5.88. The second-order valence-corrected chi connectivity index (χ2v) is 5.27. The molecule has 0 fully saturated rings. The summed E-state index contributed by atoms with van der Waals surface area (Å²) >= 11 is 0. The summed E-state index contributed by atoms with van der Waals surface area (Å²) in [7, 11) is 3.72. The minimum atomic E-state index is 0.910. The third-order valence-corrected chi connectivity index (χ3v) is 3.35. The van der Waals surface area contributed by atoms with Crippen LogP contribution in [-0.2, 0) is 6.42 Å². The Balaban J connectivity index is 0.000000191. The molecule has 0 unspecified atom stereocenters. The first kappa shape index (κ1) is 20.2. The van der Waals surface area contributed by atoms with Gasteiger partial charge in [-0.15, -0.1) is 0 Å². The van der Waals surface area contributed by atoms with Crippen molar-refractivity contribution in [2.75, 3.05) is 24.7 Å². The molecule has 4 nitrogen and oxygen atoms in total. The van der Waals surface area contributed by atoms with Crippen LogP contribution in [0.25, 0.3) is 0 Å². The summed E-state index contributed by atoms with van der Waals surface area (Å²) in [4.78, 5) is 8.14. The average Bonchev–Trinajstić information content (AvgIpc) is 2.70. The number of pyridine rings is 2. The van der Waals surface area contributed by atoms with Crippen molar-refractivity contribution >= 4 is 11.6 Å². The standard InChI is InChI=1S/C8H12N2.C7H8.C6H8N2/c1-3-7-4-5-8(9-2)10-6-7;1-7-5-3-2-4-6-7;1-7-6-4-2-3-5-8-6/h4-6H,3H2,1-2H3,(H,9,10);2-6H,1H3;2-5H,1H3,(H,7,8). The predicted molar refractivity (Wildman–Crippen MR) is 108 cm³/mol. The molecule has 3 rings (SSSR count). The van der Waals surface area contributed by atoms with Crippen LogP contribution in [0.15, 0.2) is 73.1 Å². The molecule has 0 amide bonds. The number of hydrogen-bond acceptors (Lipinski definition) is 4. The van der Waals surface area contributed by atoms with Gasteiger partial charge in [-0.1, -0.05) is 55.0 Å². The maximum absolute atomic E-state index is 4.16. The van der Waals surface area contributed by atoms with Crippen molar-refractivity contribution in [1.29, 1.82) is 0 Å². The molecule has 2 aromatic heterocycles. The van der Waals surface area contributed by atoms with Crippen molar-refractivity contribution in [1.82, 2.24) is 9.97 Å². The first-order valence-electron chi connectivity index (χ1n) is 8.42. The summed E-state index contributed by atoms with van der Waals surface area (Å²) in [6.45, 7) is 4.20. The molecule has 2 N–H and O–H groups in total. The summed E-state index contributed by atoms with van der Waals surface area (Å²) in [5.74, 6) is 1.84. The van der Waals surface area contributed by atoms with Crippen LogP contribution in [0.1, 0.15) is 18.1 Å². The van der Waals surface area contributed by atoms with Crippen LogP contribution in [0.4, 0.5) is 11.6 Å². The van der Waals surface area contributed by atoms with E-state index in [1.165, 1.54) is 11.1 Å². The summed E-state index contributed by atoms with van der Waals surface area (Å²) < 4.78 is 0. The Morgan fingerprint density at radius 1 is 0.760 bits per heavy atom. The number of aryl methyl sites for hydroxylation is 2. The first-order chi connectivity index (χ1) is 12.2. The number of anilines is 2. The van der Waals surface area contributed by atoms with Crippen molar-refractivity contribution < 1.29 is 0 Å². The number of rotatable bonds is 3.